The first-order chi connectivity index (χ1) is 14.1. The van der Waals surface area contributed by atoms with Crippen molar-refractivity contribution < 1.29 is 14.3 Å². The van der Waals surface area contributed by atoms with Crippen LogP contribution < -0.4 is 10.6 Å². The van der Waals surface area contributed by atoms with Crippen LogP contribution >= 0.6 is 0 Å². The van der Waals surface area contributed by atoms with Crippen LogP contribution in [-0.4, -0.2) is 55.6 Å². The zero-order valence-corrected chi connectivity index (χ0v) is 17.1. The number of morpholine rings is 1. The lowest BCUT2D eigenvalue weighted by Crippen LogP contribution is -2.51. The highest BCUT2D eigenvalue weighted by molar-refractivity contribution is 6.08. The molecule has 2 aromatic rings. The van der Waals surface area contributed by atoms with Gasteiger partial charge in [-0.2, -0.15) is 0 Å². The van der Waals surface area contributed by atoms with Gasteiger partial charge in [-0.15, -0.1) is 0 Å². The zero-order valence-electron chi connectivity index (χ0n) is 17.1. The van der Waals surface area contributed by atoms with Gasteiger partial charge in [0.1, 0.15) is 0 Å². The average molecular weight is 396 g/mol. The molecule has 1 saturated heterocycles. The van der Waals surface area contributed by atoms with Gasteiger partial charge in [-0.05, 0) is 30.2 Å². The summed E-state index contributed by atoms with van der Waals surface area (Å²) in [5.74, 6) is -0.0199. The number of para-hydroxylation sites is 1. The molecule has 29 heavy (non-hydrogen) atoms. The summed E-state index contributed by atoms with van der Waals surface area (Å²) in [6.45, 7) is 8.10. The van der Waals surface area contributed by atoms with Crippen molar-refractivity contribution in [2.75, 3.05) is 38.2 Å². The van der Waals surface area contributed by atoms with Crippen LogP contribution in [-0.2, 0) is 4.74 Å². The molecule has 1 atom stereocenters. The summed E-state index contributed by atoms with van der Waals surface area (Å²) in [4.78, 5) is 27.7. The molecule has 2 N–H and O–H groups in total. The van der Waals surface area contributed by atoms with Crippen molar-refractivity contribution in [1.82, 2.24) is 10.2 Å². The van der Waals surface area contributed by atoms with Gasteiger partial charge >= 0.3 is 0 Å². The van der Waals surface area contributed by atoms with Crippen LogP contribution in [0.25, 0.3) is 0 Å². The first-order valence-electron chi connectivity index (χ1n) is 10.1. The van der Waals surface area contributed by atoms with Gasteiger partial charge in [0.2, 0.25) is 0 Å². The molecule has 0 aliphatic carbocycles. The summed E-state index contributed by atoms with van der Waals surface area (Å²) in [6, 6.07) is 16.3. The molecule has 1 aliphatic heterocycles. The molecule has 2 aromatic carbocycles. The number of carbonyl (C=O) groups excluding carboxylic acids is 2. The summed E-state index contributed by atoms with van der Waals surface area (Å²) in [7, 11) is 0. The topological polar surface area (TPSA) is 70.7 Å². The standard InChI is InChI=1S/C23H29N3O3/c1-17(2)21(26-12-14-29-15-13-26)16-24-23(28)19-10-6-7-11-20(19)25-22(27)18-8-4-3-5-9-18/h3-11,17,21H,12-16H2,1-2H3,(H,24,28)(H,25,27). The lowest BCUT2D eigenvalue weighted by atomic mass is 10.0. The maximum atomic E-state index is 12.9. The molecule has 1 unspecified atom stereocenters. The molecule has 154 valence electrons. The normalized spacial score (nSPS) is 15.7. The van der Waals surface area contributed by atoms with Crippen LogP contribution in [0.3, 0.4) is 0 Å². The number of benzene rings is 2. The van der Waals surface area contributed by atoms with Crippen LogP contribution in [0.2, 0.25) is 0 Å². The highest BCUT2D eigenvalue weighted by Crippen LogP contribution is 2.17. The van der Waals surface area contributed by atoms with Gasteiger partial charge in [0.15, 0.2) is 0 Å². The third-order valence-corrected chi connectivity index (χ3v) is 5.21. The minimum Gasteiger partial charge on any atom is -0.379 e. The highest BCUT2D eigenvalue weighted by Gasteiger charge is 2.25. The SMILES string of the molecule is CC(C)C(CNC(=O)c1ccccc1NC(=O)c1ccccc1)N1CCOCC1. The van der Waals surface area contributed by atoms with E-state index in [1.807, 2.05) is 24.3 Å². The van der Waals surface area contributed by atoms with E-state index in [2.05, 4.69) is 29.4 Å². The number of carbonyl (C=O) groups is 2. The second-order valence-corrected chi connectivity index (χ2v) is 7.54. The Morgan fingerprint density at radius 2 is 1.62 bits per heavy atom. The third-order valence-electron chi connectivity index (χ3n) is 5.21. The maximum absolute atomic E-state index is 12.9. The number of nitrogens with one attached hydrogen (secondary N) is 2. The van der Waals surface area contributed by atoms with Gasteiger partial charge < -0.3 is 15.4 Å². The fraction of sp³-hybridized carbons (Fsp3) is 0.391. The van der Waals surface area contributed by atoms with Crippen LogP contribution in [0.5, 0.6) is 0 Å². The smallest absolute Gasteiger partial charge is 0.255 e. The van der Waals surface area contributed by atoms with Crippen molar-refractivity contribution in [2.24, 2.45) is 5.92 Å². The lowest BCUT2D eigenvalue weighted by molar-refractivity contribution is 0.00673. The molecule has 6 heteroatoms. The van der Waals surface area contributed by atoms with E-state index in [0.29, 0.717) is 29.3 Å². The van der Waals surface area contributed by atoms with Crippen molar-refractivity contribution in [3.8, 4) is 0 Å². The number of rotatable bonds is 7. The predicted octanol–water partition coefficient (Wildman–Crippen LogP) is 3.03. The average Bonchev–Trinajstić information content (AvgIpc) is 2.75. The Kier molecular flexibility index (Phi) is 7.38. The predicted molar refractivity (Wildman–Crippen MR) is 114 cm³/mol. The van der Waals surface area contributed by atoms with Crippen molar-refractivity contribution in [3.63, 3.8) is 0 Å². The van der Waals surface area contributed by atoms with E-state index in [0.717, 1.165) is 26.3 Å². The van der Waals surface area contributed by atoms with Crippen molar-refractivity contribution in [1.29, 1.82) is 0 Å². The van der Waals surface area contributed by atoms with E-state index in [9.17, 15) is 9.59 Å². The van der Waals surface area contributed by atoms with Crippen molar-refractivity contribution >= 4 is 17.5 Å². The number of ether oxygens (including phenoxy) is 1. The van der Waals surface area contributed by atoms with E-state index in [1.165, 1.54) is 0 Å². The Morgan fingerprint density at radius 3 is 2.31 bits per heavy atom. The van der Waals surface area contributed by atoms with Crippen LogP contribution in [0.4, 0.5) is 5.69 Å². The molecule has 0 aromatic heterocycles. The second kappa shape index (κ2) is 10.2. The Balaban J connectivity index is 1.67. The number of nitrogens with zero attached hydrogens (tertiary/aromatic N) is 1. The highest BCUT2D eigenvalue weighted by atomic mass is 16.5. The van der Waals surface area contributed by atoms with Gasteiger partial charge in [-0.1, -0.05) is 44.2 Å². The van der Waals surface area contributed by atoms with Crippen molar-refractivity contribution in [3.05, 3.63) is 65.7 Å². The quantitative estimate of drug-likeness (QED) is 0.756. The summed E-state index contributed by atoms with van der Waals surface area (Å²) < 4.78 is 5.44. The minimum atomic E-state index is -0.237. The number of amides is 2. The zero-order chi connectivity index (χ0) is 20.6. The molecule has 3 rings (SSSR count). The van der Waals surface area contributed by atoms with E-state index in [-0.39, 0.29) is 17.9 Å². The number of hydrogen-bond donors (Lipinski definition) is 2. The van der Waals surface area contributed by atoms with Gasteiger partial charge in [-0.25, -0.2) is 0 Å². The Labute approximate surface area is 172 Å². The second-order valence-electron chi connectivity index (χ2n) is 7.54. The molecule has 0 radical (unpaired) electrons. The molecular weight excluding hydrogens is 366 g/mol. The molecule has 1 heterocycles. The summed E-state index contributed by atoms with van der Waals surface area (Å²) >= 11 is 0. The van der Waals surface area contributed by atoms with Crippen LogP contribution in [0.1, 0.15) is 34.6 Å². The summed E-state index contributed by atoms with van der Waals surface area (Å²) in [5.41, 5.74) is 1.52. The van der Waals surface area contributed by atoms with E-state index < -0.39 is 0 Å². The van der Waals surface area contributed by atoms with Crippen LogP contribution in [0, 0.1) is 5.92 Å². The third kappa shape index (κ3) is 5.65. The molecule has 0 saturated carbocycles. The molecule has 0 bridgehead atoms. The summed E-state index contributed by atoms with van der Waals surface area (Å²) in [6.07, 6.45) is 0. The van der Waals surface area contributed by atoms with E-state index in [4.69, 9.17) is 4.74 Å². The van der Waals surface area contributed by atoms with Gasteiger partial charge in [-0.3, -0.25) is 14.5 Å². The van der Waals surface area contributed by atoms with Crippen molar-refractivity contribution in [2.45, 2.75) is 19.9 Å². The number of hydrogen-bond acceptors (Lipinski definition) is 4. The molecule has 6 nitrogen and oxygen atoms in total. The van der Waals surface area contributed by atoms with E-state index in [1.54, 1.807) is 30.3 Å². The monoisotopic (exact) mass is 395 g/mol. The fourth-order valence-corrected chi connectivity index (χ4v) is 3.56. The summed E-state index contributed by atoms with van der Waals surface area (Å²) in [5, 5.41) is 5.91. The Morgan fingerprint density at radius 1 is 0.966 bits per heavy atom. The first kappa shape index (κ1) is 21.0. The molecule has 0 spiro atoms. The Hall–Kier alpha value is -2.70. The van der Waals surface area contributed by atoms with Gasteiger partial charge in [0.05, 0.1) is 24.5 Å². The molecule has 1 fully saturated rings. The lowest BCUT2D eigenvalue weighted by Gasteiger charge is -2.37. The van der Waals surface area contributed by atoms with Gasteiger partial charge in [0, 0.05) is 31.2 Å². The fourth-order valence-electron chi connectivity index (χ4n) is 3.56. The largest absolute Gasteiger partial charge is 0.379 e. The molecule has 1 aliphatic rings. The van der Waals surface area contributed by atoms with Gasteiger partial charge in [0.25, 0.3) is 11.8 Å². The van der Waals surface area contributed by atoms with Crippen LogP contribution in [0.15, 0.2) is 54.6 Å². The molecule has 2 amide bonds. The molecular formula is C23H29N3O3. The number of anilines is 1. The minimum absolute atomic E-state index is 0.187. The maximum Gasteiger partial charge on any atom is 0.255 e. The Bertz CT molecular complexity index is 817. The first-order valence-corrected chi connectivity index (χ1v) is 10.1. The van der Waals surface area contributed by atoms with E-state index >= 15 is 0 Å².